The van der Waals surface area contributed by atoms with Crippen LogP contribution >= 0.6 is 0 Å². The Morgan fingerprint density at radius 3 is 2.25 bits per heavy atom. The number of hydrogen-bond donors (Lipinski definition) is 0. The van der Waals surface area contributed by atoms with Crippen molar-refractivity contribution in [3.63, 3.8) is 0 Å². The Hall–Kier alpha value is -1.59. The summed E-state index contributed by atoms with van der Waals surface area (Å²) in [6, 6.07) is -0.901. The van der Waals surface area contributed by atoms with Gasteiger partial charge in [0.1, 0.15) is 6.04 Å². The molecule has 0 N–H and O–H groups in total. The van der Waals surface area contributed by atoms with Gasteiger partial charge in [0, 0.05) is 0 Å². The van der Waals surface area contributed by atoms with Crippen molar-refractivity contribution in [2.45, 2.75) is 83.2 Å². The van der Waals surface area contributed by atoms with E-state index in [0.29, 0.717) is 0 Å². The predicted octanol–water partition coefficient (Wildman–Crippen LogP) is 3.22. The molecule has 2 unspecified atom stereocenters. The zero-order valence-corrected chi connectivity index (χ0v) is 14.6. The van der Waals surface area contributed by atoms with Gasteiger partial charge in [0.15, 0.2) is 0 Å². The Bertz CT molecular complexity index is 451. The normalized spacial score (nSPS) is 27.1. The van der Waals surface area contributed by atoms with Crippen LogP contribution in [0.5, 0.6) is 0 Å². The van der Waals surface area contributed by atoms with Crippen LogP contribution in [0, 0.1) is 0 Å². The Kier molecular flexibility index (Phi) is 7.53. The highest BCUT2D eigenvalue weighted by Gasteiger charge is 2.57. The van der Waals surface area contributed by atoms with E-state index in [9.17, 15) is 14.4 Å². The summed E-state index contributed by atoms with van der Waals surface area (Å²) < 4.78 is 10.1. The summed E-state index contributed by atoms with van der Waals surface area (Å²) in [4.78, 5) is 37.5. The zero-order chi connectivity index (χ0) is 17.4. The first-order valence-electron chi connectivity index (χ1n) is 9.33. The lowest BCUT2D eigenvalue weighted by Gasteiger charge is -2.05. The molecule has 0 aromatic rings. The topological polar surface area (TPSA) is 72.7 Å². The van der Waals surface area contributed by atoms with Crippen molar-refractivity contribution in [1.29, 1.82) is 0 Å². The second-order valence-electron chi connectivity index (χ2n) is 6.59. The molecule has 6 nitrogen and oxygen atoms in total. The minimum Gasteiger partial charge on any atom is -0.460 e. The minimum absolute atomic E-state index is 0.211. The van der Waals surface area contributed by atoms with Crippen molar-refractivity contribution < 1.29 is 23.9 Å². The summed E-state index contributed by atoms with van der Waals surface area (Å²) in [5.41, 5.74) is 0. The van der Waals surface area contributed by atoms with Crippen LogP contribution < -0.4 is 0 Å². The number of esters is 1. The van der Waals surface area contributed by atoms with E-state index >= 15 is 0 Å². The van der Waals surface area contributed by atoms with Gasteiger partial charge in [-0.2, -0.15) is 0 Å². The van der Waals surface area contributed by atoms with Crippen molar-refractivity contribution in [1.82, 2.24) is 4.90 Å². The molecular weight excluding hydrogens is 310 g/mol. The van der Waals surface area contributed by atoms with E-state index in [-0.39, 0.29) is 19.3 Å². The van der Waals surface area contributed by atoms with E-state index in [1.54, 1.807) is 6.92 Å². The summed E-state index contributed by atoms with van der Waals surface area (Å²) in [5.74, 6) is -1.43. The highest BCUT2D eigenvalue weighted by Crippen LogP contribution is 2.34. The first-order chi connectivity index (χ1) is 11.7. The number of nitrogens with zero attached hydrogens (tertiary/aromatic N) is 1. The lowest BCUT2D eigenvalue weighted by molar-refractivity contribution is -0.154. The van der Waals surface area contributed by atoms with Gasteiger partial charge in [-0.15, -0.1) is 0 Å². The van der Waals surface area contributed by atoms with Crippen LogP contribution in [0.25, 0.3) is 0 Å². The molecule has 136 valence electrons. The quantitative estimate of drug-likeness (QED) is 0.417. The number of amides is 1. The van der Waals surface area contributed by atoms with Crippen LogP contribution in [0.4, 0.5) is 4.79 Å². The Labute approximate surface area is 143 Å². The van der Waals surface area contributed by atoms with Gasteiger partial charge in [-0.1, -0.05) is 51.4 Å². The number of ether oxygens (including phenoxy) is 2. The first-order valence-corrected chi connectivity index (χ1v) is 9.33. The molecule has 0 saturated carbocycles. The number of cyclic esters (lactones) is 1. The molecule has 0 radical (unpaired) electrons. The molecule has 0 aromatic heterocycles. The van der Waals surface area contributed by atoms with E-state index in [0.717, 1.165) is 38.5 Å². The van der Waals surface area contributed by atoms with E-state index in [2.05, 4.69) is 0 Å². The van der Waals surface area contributed by atoms with E-state index in [1.807, 2.05) is 0 Å². The summed E-state index contributed by atoms with van der Waals surface area (Å²) in [7, 11) is 0. The summed E-state index contributed by atoms with van der Waals surface area (Å²) in [5, 5.41) is 0. The van der Waals surface area contributed by atoms with Crippen LogP contribution in [0.2, 0.25) is 0 Å². The molecule has 2 fully saturated rings. The minimum atomic E-state index is -0.816. The standard InChI is InChI=1S/C18H29NO5/c1-2-23-18(22)19-14-12-10-8-6-4-3-5-7-9-11-13-24-17(21)16(20)15(14)19/h14-15H,2-13H2,1H3. The zero-order valence-electron chi connectivity index (χ0n) is 14.6. The fraction of sp³-hybridized carbons (Fsp3) is 0.833. The predicted molar refractivity (Wildman–Crippen MR) is 88.6 cm³/mol. The molecule has 2 aliphatic rings. The number of Topliss-reactive ketones (excluding diaryl/α,β-unsaturated/α-hetero) is 1. The molecule has 24 heavy (non-hydrogen) atoms. The Morgan fingerprint density at radius 2 is 1.62 bits per heavy atom. The van der Waals surface area contributed by atoms with Crippen molar-refractivity contribution >= 4 is 17.8 Å². The van der Waals surface area contributed by atoms with Gasteiger partial charge < -0.3 is 9.47 Å². The molecule has 2 aliphatic heterocycles. The molecule has 6 heteroatoms. The van der Waals surface area contributed by atoms with Crippen molar-refractivity contribution in [2.24, 2.45) is 0 Å². The van der Waals surface area contributed by atoms with Gasteiger partial charge in [-0.25, -0.2) is 9.59 Å². The summed E-state index contributed by atoms with van der Waals surface area (Å²) in [6.07, 6.45) is 10.1. The average Bonchev–Trinajstić information content (AvgIpc) is 3.28. The molecule has 2 atom stereocenters. The molecule has 2 saturated heterocycles. The maximum Gasteiger partial charge on any atom is 0.410 e. The largest absolute Gasteiger partial charge is 0.460 e. The smallest absolute Gasteiger partial charge is 0.410 e. The Balaban J connectivity index is 1.94. The number of rotatable bonds is 1. The average molecular weight is 339 g/mol. The van der Waals surface area contributed by atoms with Gasteiger partial charge in [0.05, 0.1) is 19.3 Å². The second kappa shape index (κ2) is 9.64. The van der Waals surface area contributed by atoms with E-state index in [1.165, 1.54) is 30.6 Å². The van der Waals surface area contributed by atoms with Crippen LogP contribution in [0.1, 0.15) is 71.1 Å². The third-order valence-corrected chi connectivity index (χ3v) is 4.76. The molecule has 0 bridgehead atoms. The lowest BCUT2D eigenvalue weighted by Crippen LogP contribution is -2.27. The lowest BCUT2D eigenvalue weighted by atomic mass is 10.0. The molecule has 0 spiro atoms. The number of ketones is 1. The molecule has 0 aliphatic carbocycles. The van der Waals surface area contributed by atoms with E-state index < -0.39 is 23.9 Å². The van der Waals surface area contributed by atoms with Gasteiger partial charge in [-0.3, -0.25) is 9.69 Å². The van der Waals surface area contributed by atoms with Crippen LogP contribution in [0.3, 0.4) is 0 Å². The van der Waals surface area contributed by atoms with Gasteiger partial charge in [-0.05, 0) is 19.8 Å². The molecule has 0 aromatic carbocycles. The maximum absolute atomic E-state index is 12.3. The first kappa shape index (κ1) is 18.7. The second-order valence-corrected chi connectivity index (χ2v) is 6.59. The van der Waals surface area contributed by atoms with Crippen molar-refractivity contribution in [3.8, 4) is 0 Å². The van der Waals surface area contributed by atoms with Gasteiger partial charge in [0.25, 0.3) is 5.78 Å². The maximum atomic E-state index is 12.3. The third-order valence-electron chi connectivity index (χ3n) is 4.76. The molecule has 2 rings (SSSR count). The Morgan fingerprint density at radius 1 is 1.04 bits per heavy atom. The van der Waals surface area contributed by atoms with Crippen LogP contribution in [-0.2, 0) is 19.1 Å². The van der Waals surface area contributed by atoms with Crippen LogP contribution in [0.15, 0.2) is 0 Å². The fourth-order valence-electron chi connectivity index (χ4n) is 3.37. The monoisotopic (exact) mass is 339 g/mol. The molecule has 2 heterocycles. The summed E-state index contributed by atoms with van der Waals surface area (Å²) >= 11 is 0. The number of fused-ring (bicyclic) bond motifs is 1. The number of hydrogen-bond acceptors (Lipinski definition) is 5. The van der Waals surface area contributed by atoms with Crippen molar-refractivity contribution in [3.05, 3.63) is 0 Å². The van der Waals surface area contributed by atoms with E-state index in [4.69, 9.17) is 9.47 Å². The van der Waals surface area contributed by atoms with Gasteiger partial charge in [0.2, 0.25) is 0 Å². The highest BCUT2D eigenvalue weighted by molar-refractivity contribution is 6.37. The fourth-order valence-corrected chi connectivity index (χ4v) is 3.37. The van der Waals surface area contributed by atoms with Gasteiger partial charge >= 0.3 is 12.1 Å². The highest BCUT2D eigenvalue weighted by atomic mass is 16.6. The third kappa shape index (κ3) is 5.21. The van der Waals surface area contributed by atoms with Crippen molar-refractivity contribution in [2.75, 3.05) is 13.2 Å². The molecule has 1 amide bonds. The molecular formula is C18H29NO5. The number of carbonyl (C=O) groups excluding carboxylic acids is 3. The number of carbonyl (C=O) groups is 3. The SMILES string of the molecule is CCOC(=O)N1C2CCCCCCCCCCCOC(=O)C(=O)C21. The summed E-state index contributed by atoms with van der Waals surface area (Å²) in [6.45, 7) is 2.26. The van der Waals surface area contributed by atoms with Crippen LogP contribution in [-0.4, -0.2) is 48.0 Å².